The number of carbonyl (C=O) groups excluding carboxylic acids is 1. The Hall–Kier alpha value is -3.38. The molecule has 29 heavy (non-hydrogen) atoms. The fourth-order valence-electron chi connectivity index (χ4n) is 3.25. The van der Waals surface area contributed by atoms with Gasteiger partial charge < -0.3 is 14.4 Å². The third kappa shape index (κ3) is 4.38. The van der Waals surface area contributed by atoms with Gasteiger partial charge in [0.15, 0.2) is 0 Å². The zero-order valence-electron chi connectivity index (χ0n) is 16.3. The van der Waals surface area contributed by atoms with Gasteiger partial charge in [0.2, 0.25) is 5.91 Å². The lowest BCUT2D eigenvalue weighted by molar-refractivity contribution is -0.129. The zero-order valence-corrected chi connectivity index (χ0v) is 16.3. The molecule has 2 aromatic carbocycles. The van der Waals surface area contributed by atoms with E-state index in [2.05, 4.69) is 0 Å². The van der Waals surface area contributed by atoms with Crippen molar-refractivity contribution in [2.24, 2.45) is 0 Å². The summed E-state index contributed by atoms with van der Waals surface area (Å²) in [6, 6.07) is 17.7. The van der Waals surface area contributed by atoms with Gasteiger partial charge in [-0.25, -0.2) is 4.68 Å². The van der Waals surface area contributed by atoms with Crippen LogP contribution in [0, 0.1) is 0 Å². The fraction of sp³-hybridized carbons (Fsp3) is 0.217. The summed E-state index contributed by atoms with van der Waals surface area (Å²) in [6.07, 6.45) is 5.40. The van der Waals surface area contributed by atoms with Crippen molar-refractivity contribution >= 4 is 12.0 Å². The van der Waals surface area contributed by atoms with E-state index in [1.807, 2.05) is 71.6 Å². The Balaban J connectivity index is 1.67. The monoisotopic (exact) mass is 389 g/mol. The molecule has 0 bridgehead atoms. The van der Waals surface area contributed by atoms with Crippen LogP contribution in [0.15, 0.2) is 66.9 Å². The SMILES string of the molecule is COc1ccc(-c2nn(-c3ccccc3)cc2C=CC(=O)N2CCOCC2)cc1. The summed E-state index contributed by atoms with van der Waals surface area (Å²) < 4.78 is 12.4. The highest BCUT2D eigenvalue weighted by Crippen LogP contribution is 2.26. The van der Waals surface area contributed by atoms with Crippen molar-refractivity contribution in [2.75, 3.05) is 33.4 Å². The van der Waals surface area contributed by atoms with Gasteiger partial charge in [0.1, 0.15) is 5.75 Å². The Morgan fingerprint density at radius 1 is 1.07 bits per heavy atom. The van der Waals surface area contributed by atoms with Crippen LogP contribution in [-0.2, 0) is 9.53 Å². The van der Waals surface area contributed by atoms with Crippen LogP contribution in [0.1, 0.15) is 5.56 Å². The molecule has 4 rings (SSSR count). The molecule has 1 aromatic heterocycles. The Morgan fingerprint density at radius 3 is 2.48 bits per heavy atom. The molecule has 0 spiro atoms. The molecule has 3 aromatic rings. The van der Waals surface area contributed by atoms with Crippen molar-refractivity contribution in [1.82, 2.24) is 14.7 Å². The number of rotatable bonds is 5. The molecule has 148 valence electrons. The topological polar surface area (TPSA) is 56.6 Å². The second-order valence-corrected chi connectivity index (χ2v) is 6.71. The molecule has 0 aliphatic carbocycles. The van der Waals surface area contributed by atoms with Crippen molar-refractivity contribution in [1.29, 1.82) is 0 Å². The van der Waals surface area contributed by atoms with Crippen molar-refractivity contribution < 1.29 is 14.3 Å². The van der Waals surface area contributed by atoms with E-state index in [0.29, 0.717) is 26.3 Å². The minimum absolute atomic E-state index is 0.0126. The van der Waals surface area contributed by atoms with Gasteiger partial charge in [0.05, 0.1) is 31.7 Å². The second kappa shape index (κ2) is 8.75. The van der Waals surface area contributed by atoms with Gasteiger partial charge in [-0.15, -0.1) is 0 Å². The number of methoxy groups -OCH3 is 1. The van der Waals surface area contributed by atoms with Gasteiger partial charge in [-0.05, 0) is 42.5 Å². The molecule has 1 fully saturated rings. The molecule has 1 amide bonds. The van der Waals surface area contributed by atoms with Crippen molar-refractivity contribution in [2.45, 2.75) is 0 Å². The summed E-state index contributed by atoms with van der Waals surface area (Å²) in [7, 11) is 1.64. The highest BCUT2D eigenvalue weighted by molar-refractivity contribution is 5.93. The molecule has 0 unspecified atom stereocenters. The van der Waals surface area contributed by atoms with E-state index in [-0.39, 0.29) is 5.91 Å². The number of aromatic nitrogens is 2. The molecule has 2 heterocycles. The number of hydrogen-bond donors (Lipinski definition) is 0. The maximum atomic E-state index is 12.5. The van der Waals surface area contributed by atoms with Crippen molar-refractivity contribution in [3.8, 4) is 22.7 Å². The molecule has 6 heteroatoms. The molecule has 0 radical (unpaired) electrons. The van der Waals surface area contributed by atoms with E-state index >= 15 is 0 Å². The first kappa shape index (κ1) is 19.0. The van der Waals surface area contributed by atoms with Crippen LogP contribution in [0.3, 0.4) is 0 Å². The van der Waals surface area contributed by atoms with Crippen LogP contribution >= 0.6 is 0 Å². The van der Waals surface area contributed by atoms with E-state index in [4.69, 9.17) is 14.6 Å². The molecule has 1 aliphatic rings. The lowest BCUT2D eigenvalue weighted by atomic mass is 10.1. The molecule has 0 N–H and O–H groups in total. The van der Waals surface area contributed by atoms with E-state index in [0.717, 1.165) is 28.3 Å². The van der Waals surface area contributed by atoms with Crippen LogP contribution in [0.25, 0.3) is 23.0 Å². The number of amides is 1. The molecular formula is C23H23N3O3. The van der Waals surface area contributed by atoms with E-state index in [1.165, 1.54) is 0 Å². The normalized spacial score (nSPS) is 14.3. The van der Waals surface area contributed by atoms with Gasteiger partial charge in [0, 0.05) is 36.5 Å². The Bertz CT molecular complexity index is 988. The summed E-state index contributed by atoms with van der Waals surface area (Å²) in [6.45, 7) is 2.42. The first-order valence-electron chi connectivity index (χ1n) is 9.59. The summed E-state index contributed by atoms with van der Waals surface area (Å²) in [4.78, 5) is 14.3. The Morgan fingerprint density at radius 2 is 1.79 bits per heavy atom. The van der Waals surface area contributed by atoms with E-state index in [1.54, 1.807) is 18.1 Å². The van der Waals surface area contributed by atoms with Crippen molar-refractivity contribution in [3.05, 3.63) is 72.4 Å². The van der Waals surface area contributed by atoms with Crippen LogP contribution in [0.2, 0.25) is 0 Å². The first-order valence-corrected chi connectivity index (χ1v) is 9.59. The van der Waals surface area contributed by atoms with Gasteiger partial charge in [-0.2, -0.15) is 5.10 Å². The number of ether oxygens (including phenoxy) is 2. The third-order valence-corrected chi connectivity index (χ3v) is 4.85. The molecule has 0 atom stereocenters. The lowest BCUT2D eigenvalue weighted by Gasteiger charge is -2.25. The average Bonchev–Trinajstić information content (AvgIpc) is 3.23. The fourth-order valence-corrected chi connectivity index (χ4v) is 3.25. The van der Waals surface area contributed by atoms with E-state index < -0.39 is 0 Å². The van der Waals surface area contributed by atoms with Crippen LogP contribution in [0.5, 0.6) is 5.75 Å². The molecule has 1 aliphatic heterocycles. The molecule has 0 saturated carbocycles. The summed E-state index contributed by atoms with van der Waals surface area (Å²) >= 11 is 0. The van der Waals surface area contributed by atoms with Gasteiger partial charge in [-0.1, -0.05) is 18.2 Å². The number of carbonyl (C=O) groups is 1. The van der Waals surface area contributed by atoms with Gasteiger partial charge in [0.25, 0.3) is 0 Å². The highest BCUT2D eigenvalue weighted by Gasteiger charge is 2.15. The van der Waals surface area contributed by atoms with Crippen LogP contribution < -0.4 is 4.74 Å². The van der Waals surface area contributed by atoms with E-state index in [9.17, 15) is 4.79 Å². The number of para-hydroxylation sites is 1. The van der Waals surface area contributed by atoms with Crippen LogP contribution in [-0.4, -0.2) is 54.0 Å². The largest absolute Gasteiger partial charge is 0.497 e. The summed E-state index contributed by atoms with van der Waals surface area (Å²) in [5.74, 6) is 0.775. The summed E-state index contributed by atoms with van der Waals surface area (Å²) in [5, 5.41) is 4.78. The lowest BCUT2D eigenvalue weighted by Crippen LogP contribution is -2.39. The van der Waals surface area contributed by atoms with Gasteiger partial charge >= 0.3 is 0 Å². The highest BCUT2D eigenvalue weighted by atomic mass is 16.5. The third-order valence-electron chi connectivity index (χ3n) is 4.85. The Kier molecular flexibility index (Phi) is 5.72. The smallest absolute Gasteiger partial charge is 0.246 e. The molecule has 6 nitrogen and oxygen atoms in total. The molecular weight excluding hydrogens is 366 g/mol. The maximum Gasteiger partial charge on any atom is 0.246 e. The maximum absolute atomic E-state index is 12.5. The molecule has 1 saturated heterocycles. The van der Waals surface area contributed by atoms with Gasteiger partial charge in [-0.3, -0.25) is 4.79 Å². The standard InChI is InChI=1S/C23H23N3O3/c1-28-21-10-7-18(8-11-21)23-19(9-12-22(27)25-13-15-29-16-14-25)17-26(24-23)20-5-3-2-4-6-20/h2-12,17H,13-16H2,1H3. The summed E-state index contributed by atoms with van der Waals surface area (Å²) in [5.41, 5.74) is 3.60. The first-order chi connectivity index (χ1) is 14.2. The number of nitrogens with zero attached hydrogens (tertiary/aromatic N) is 3. The Labute approximate surface area is 170 Å². The number of benzene rings is 2. The predicted octanol–water partition coefficient (Wildman–Crippen LogP) is 3.42. The average molecular weight is 389 g/mol. The second-order valence-electron chi connectivity index (χ2n) is 6.71. The quantitative estimate of drug-likeness (QED) is 0.628. The zero-order chi connectivity index (χ0) is 20.1. The number of morpholine rings is 1. The number of hydrogen-bond acceptors (Lipinski definition) is 4. The minimum atomic E-state index is -0.0126. The van der Waals surface area contributed by atoms with Crippen LogP contribution in [0.4, 0.5) is 0 Å². The van der Waals surface area contributed by atoms with Crippen molar-refractivity contribution in [3.63, 3.8) is 0 Å². The minimum Gasteiger partial charge on any atom is -0.497 e. The predicted molar refractivity (Wildman–Crippen MR) is 112 cm³/mol.